The van der Waals surface area contributed by atoms with E-state index in [0.717, 1.165) is 28.8 Å². The molecular weight excluding hydrogens is 490 g/mol. The monoisotopic (exact) mass is 517 g/mol. The Morgan fingerprint density at radius 1 is 1.00 bits per heavy atom. The Bertz CT molecular complexity index is 1640. The van der Waals surface area contributed by atoms with Crippen LogP contribution in [0.25, 0.3) is 22.6 Å². The molecule has 0 radical (unpaired) electrons. The van der Waals surface area contributed by atoms with E-state index in [0.29, 0.717) is 40.2 Å². The molecule has 6 rings (SSSR count). The minimum Gasteiger partial charge on any atom is -0.452 e. The number of nitrogens with zero attached hydrogens (tertiary/aromatic N) is 2. The van der Waals surface area contributed by atoms with Crippen molar-refractivity contribution >= 4 is 51.7 Å². The van der Waals surface area contributed by atoms with E-state index in [9.17, 15) is 14.4 Å². The van der Waals surface area contributed by atoms with Gasteiger partial charge in [-0.1, -0.05) is 67.6 Å². The average Bonchev–Trinajstić information content (AvgIpc) is 2.94. The number of hydrogen-bond acceptors (Lipinski definition) is 5. The number of fused-ring (bicyclic) bond motifs is 3. The molecule has 0 spiro atoms. The van der Waals surface area contributed by atoms with Gasteiger partial charge in [-0.2, -0.15) is 0 Å². The molecule has 0 bridgehead atoms. The number of carbonyl (C=O) groups is 3. The van der Waals surface area contributed by atoms with Gasteiger partial charge < -0.3 is 10.1 Å². The summed E-state index contributed by atoms with van der Waals surface area (Å²) in [5.74, 6) is -1.03. The molecule has 1 aromatic heterocycles. The normalized spacial score (nSPS) is 17.4. The van der Waals surface area contributed by atoms with Crippen LogP contribution in [0, 0.1) is 5.92 Å². The van der Waals surface area contributed by atoms with Crippen LogP contribution in [0.15, 0.2) is 78.9 Å². The Hall–Kier alpha value is -4.78. The lowest BCUT2D eigenvalue weighted by molar-refractivity contribution is -0.124. The van der Waals surface area contributed by atoms with Crippen molar-refractivity contribution in [3.05, 3.63) is 101 Å². The third-order valence-electron chi connectivity index (χ3n) is 7.16. The van der Waals surface area contributed by atoms with E-state index in [-0.39, 0.29) is 12.5 Å². The molecule has 194 valence electrons. The van der Waals surface area contributed by atoms with Crippen LogP contribution in [0.4, 0.5) is 11.4 Å². The number of benzene rings is 3. The van der Waals surface area contributed by atoms with Crippen molar-refractivity contribution < 1.29 is 19.1 Å². The predicted octanol–water partition coefficient (Wildman–Crippen LogP) is 5.50. The van der Waals surface area contributed by atoms with Gasteiger partial charge in [0.25, 0.3) is 5.91 Å². The Morgan fingerprint density at radius 2 is 1.74 bits per heavy atom. The third-order valence-corrected chi connectivity index (χ3v) is 7.16. The van der Waals surface area contributed by atoms with Crippen molar-refractivity contribution in [3.63, 3.8) is 0 Å². The minimum atomic E-state index is -0.568. The number of allylic oxidation sites excluding steroid dienone is 1. The van der Waals surface area contributed by atoms with Crippen LogP contribution in [0.1, 0.15) is 40.5 Å². The molecule has 1 N–H and O–H groups in total. The number of pyridine rings is 1. The number of ether oxygens (including phenoxy) is 1. The first-order valence-electron chi connectivity index (χ1n) is 13.0. The van der Waals surface area contributed by atoms with Crippen molar-refractivity contribution in [3.8, 4) is 0 Å². The van der Waals surface area contributed by atoms with Crippen molar-refractivity contribution in [2.45, 2.75) is 19.8 Å². The molecule has 1 aliphatic carbocycles. The molecule has 0 saturated heterocycles. The first-order chi connectivity index (χ1) is 19.0. The summed E-state index contributed by atoms with van der Waals surface area (Å²) >= 11 is 0. The Balaban J connectivity index is 1.35. The highest BCUT2D eigenvalue weighted by Crippen LogP contribution is 2.39. The van der Waals surface area contributed by atoms with Gasteiger partial charge in [-0.15, -0.1) is 0 Å². The minimum absolute atomic E-state index is 0.133. The van der Waals surface area contributed by atoms with Crippen LogP contribution in [0.5, 0.6) is 0 Å². The van der Waals surface area contributed by atoms with E-state index in [1.807, 2.05) is 54.6 Å². The largest absolute Gasteiger partial charge is 0.452 e. The standard InChI is InChI=1S/C32H27N3O4/c1-20-15-22(17-21-9-3-2-4-10-21)31-24(16-20)30(23-11-5-6-12-25(23)34-31)32(38)39-19-29(37)35-18-28(36)33-26-13-7-8-14-27(26)35/h2-14,17,20H,15-16,18-19H2,1H3,(H,33,36)/b22-17-/t20-/m0/s1. The van der Waals surface area contributed by atoms with E-state index in [1.54, 1.807) is 24.3 Å². The fourth-order valence-corrected chi connectivity index (χ4v) is 5.45. The van der Waals surface area contributed by atoms with Gasteiger partial charge in [0.15, 0.2) is 6.61 Å². The molecule has 1 atom stereocenters. The molecule has 0 saturated carbocycles. The molecule has 2 aliphatic rings. The summed E-state index contributed by atoms with van der Waals surface area (Å²) < 4.78 is 5.65. The molecule has 4 aromatic rings. The van der Waals surface area contributed by atoms with Gasteiger partial charge in [-0.25, -0.2) is 9.78 Å². The fraction of sp³-hybridized carbons (Fsp3) is 0.188. The molecule has 2 heterocycles. The number of amides is 2. The van der Waals surface area contributed by atoms with Gasteiger partial charge in [-0.05, 0) is 59.7 Å². The molecule has 1 aliphatic heterocycles. The number of carbonyl (C=O) groups excluding carboxylic acids is 3. The summed E-state index contributed by atoms with van der Waals surface area (Å²) in [7, 11) is 0. The zero-order valence-corrected chi connectivity index (χ0v) is 21.5. The van der Waals surface area contributed by atoms with Crippen LogP contribution < -0.4 is 10.2 Å². The summed E-state index contributed by atoms with van der Waals surface area (Å²) in [4.78, 5) is 45.3. The average molecular weight is 518 g/mol. The molecule has 3 aromatic carbocycles. The maximum absolute atomic E-state index is 13.7. The summed E-state index contributed by atoms with van der Waals surface area (Å²) in [5.41, 5.74) is 6.06. The Morgan fingerprint density at radius 3 is 2.59 bits per heavy atom. The SMILES string of the molecule is C[C@H]1C/C(=C/c2ccccc2)c2nc3ccccc3c(C(=O)OCC(=O)N3CC(=O)Nc4ccccc43)c2C1. The number of aromatic nitrogens is 1. The third kappa shape index (κ3) is 4.79. The van der Waals surface area contributed by atoms with E-state index >= 15 is 0 Å². The number of esters is 1. The number of anilines is 2. The highest BCUT2D eigenvalue weighted by atomic mass is 16.5. The quantitative estimate of drug-likeness (QED) is 0.361. The summed E-state index contributed by atoms with van der Waals surface area (Å²) in [5, 5.41) is 3.46. The summed E-state index contributed by atoms with van der Waals surface area (Å²) in [6.45, 7) is 1.55. The van der Waals surface area contributed by atoms with E-state index in [4.69, 9.17) is 9.72 Å². The highest BCUT2D eigenvalue weighted by molar-refractivity contribution is 6.11. The number of hydrogen-bond donors (Lipinski definition) is 1. The molecule has 7 nitrogen and oxygen atoms in total. The fourth-order valence-electron chi connectivity index (χ4n) is 5.45. The van der Waals surface area contributed by atoms with Crippen LogP contribution in [0.3, 0.4) is 0 Å². The van der Waals surface area contributed by atoms with E-state index < -0.39 is 18.5 Å². The van der Waals surface area contributed by atoms with Gasteiger partial charge in [0.1, 0.15) is 6.54 Å². The molecule has 2 amide bonds. The first kappa shape index (κ1) is 24.6. The maximum Gasteiger partial charge on any atom is 0.339 e. The van der Waals surface area contributed by atoms with Gasteiger partial charge in [-0.3, -0.25) is 14.5 Å². The Labute approximate surface area is 226 Å². The summed E-state index contributed by atoms with van der Waals surface area (Å²) in [6.07, 6.45) is 3.65. The molecule has 0 fully saturated rings. The van der Waals surface area contributed by atoms with Gasteiger partial charge in [0.05, 0.1) is 28.1 Å². The maximum atomic E-state index is 13.7. The number of nitrogens with one attached hydrogen (secondary N) is 1. The van der Waals surface area contributed by atoms with Crippen LogP contribution >= 0.6 is 0 Å². The lowest BCUT2D eigenvalue weighted by Crippen LogP contribution is -2.44. The van der Waals surface area contributed by atoms with Gasteiger partial charge in [0, 0.05) is 5.39 Å². The van der Waals surface area contributed by atoms with Crippen LogP contribution in [0.2, 0.25) is 0 Å². The molecule has 0 unspecified atom stereocenters. The zero-order valence-electron chi connectivity index (χ0n) is 21.5. The van der Waals surface area contributed by atoms with Crippen LogP contribution in [-0.4, -0.2) is 35.9 Å². The van der Waals surface area contributed by atoms with Crippen molar-refractivity contribution in [2.24, 2.45) is 5.92 Å². The van der Waals surface area contributed by atoms with E-state index in [1.165, 1.54) is 4.90 Å². The second kappa shape index (κ2) is 10.2. The first-order valence-corrected chi connectivity index (χ1v) is 13.0. The lowest BCUT2D eigenvalue weighted by Gasteiger charge is -2.29. The number of rotatable bonds is 4. The van der Waals surface area contributed by atoms with Gasteiger partial charge >= 0.3 is 5.97 Å². The topological polar surface area (TPSA) is 88.6 Å². The predicted molar refractivity (Wildman–Crippen MR) is 151 cm³/mol. The van der Waals surface area contributed by atoms with Crippen LogP contribution in [-0.2, 0) is 20.7 Å². The second-order valence-corrected chi connectivity index (χ2v) is 10.0. The molecule has 7 heteroatoms. The second-order valence-electron chi connectivity index (χ2n) is 10.0. The van der Waals surface area contributed by atoms with E-state index in [2.05, 4.69) is 18.3 Å². The van der Waals surface area contributed by atoms with Gasteiger partial charge in [0.2, 0.25) is 5.91 Å². The lowest BCUT2D eigenvalue weighted by atomic mass is 9.80. The smallest absolute Gasteiger partial charge is 0.339 e. The Kier molecular flexibility index (Phi) is 6.40. The molecular formula is C32H27N3O4. The highest BCUT2D eigenvalue weighted by Gasteiger charge is 2.31. The summed E-state index contributed by atoms with van der Waals surface area (Å²) in [6, 6.07) is 24.7. The van der Waals surface area contributed by atoms with Crippen molar-refractivity contribution in [2.75, 3.05) is 23.4 Å². The number of para-hydroxylation sites is 3. The molecule has 39 heavy (non-hydrogen) atoms. The van der Waals surface area contributed by atoms with Crippen molar-refractivity contribution in [1.82, 2.24) is 4.98 Å². The van der Waals surface area contributed by atoms with Crippen molar-refractivity contribution in [1.29, 1.82) is 0 Å². The zero-order chi connectivity index (χ0) is 26.9.